The first-order chi connectivity index (χ1) is 20.2. The molecule has 0 saturated heterocycles. The third-order valence-corrected chi connectivity index (χ3v) is 7.23. The van der Waals surface area contributed by atoms with Crippen molar-refractivity contribution < 1.29 is 23.5 Å². The molecule has 0 spiro atoms. The van der Waals surface area contributed by atoms with Gasteiger partial charge in [-0.15, -0.1) is 5.10 Å². The quantitative estimate of drug-likeness (QED) is 0.224. The highest BCUT2D eigenvalue weighted by Gasteiger charge is 2.21. The van der Waals surface area contributed by atoms with Gasteiger partial charge in [-0.3, -0.25) is 4.79 Å². The minimum Gasteiger partial charge on any atom is -0.478 e. The Hall–Kier alpha value is -5.44. The molecule has 0 radical (unpaired) electrons. The van der Waals surface area contributed by atoms with Gasteiger partial charge in [0.25, 0.3) is 5.91 Å². The van der Waals surface area contributed by atoms with Crippen LogP contribution in [0, 0.1) is 11.6 Å². The van der Waals surface area contributed by atoms with E-state index < -0.39 is 12.0 Å². The maximum absolute atomic E-state index is 13.9. The number of carboxylic acid groups (broad SMARTS) is 1. The number of carbonyl (C=O) groups is 2. The fourth-order valence-corrected chi connectivity index (χ4v) is 5.02. The molecule has 5 aromatic carbocycles. The van der Waals surface area contributed by atoms with Crippen LogP contribution in [-0.4, -0.2) is 32.0 Å². The third kappa shape index (κ3) is 5.32. The maximum Gasteiger partial charge on any atom is 0.335 e. The molecule has 1 aromatic heterocycles. The first-order valence-electron chi connectivity index (χ1n) is 13.2. The van der Waals surface area contributed by atoms with E-state index in [4.69, 9.17) is 0 Å². The van der Waals surface area contributed by atoms with Crippen LogP contribution >= 0.6 is 0 Å². The predicted octanol–water partition coefficient (Wildman–Crippen LogP) is 6.77. The molecule has 1 amide bonds. The number of aromatic nitrogens is 3. The van der Waals surface area contributed by atoms with Crippen LogP contribution in [0.5, 0.6) is 0 Å². The lowest BCUT2D eigenvalue weighted by Gasteiger charge is -2.16. The lowest BCUT2D eigenvalue weighted by atomic mass is 10.00. The molecule has 1 heterocycles. The largest absolute Gasteiger partial charge is 0.478 e. The van der Waals surface area contributed by atoms with Crippen molar-refractivity contribution in [3.8, 4) is 11.1 Å². The number of nitrogens with zero attached hydrogens (tertiary/aromatic N) is 3. The van der Waals surface area contributed by atoms with Crippen molar-refractivity contribution in [1.82, 2.24) is 20.3 Å². The van der Waals surface area contributed by atoms with Crippen LogP contribution in [-0.2, 0) is 6.54 Å². The van der Waals surface area contributed by atoms with Gasteiger partial charge in [-0.2, -0.15) is 0 Å². The molecule has 0 saturated carbocycles. The van der Waals surface area contributed by atoms with E-state index in [0.29, 0.717) is 27.7 Å². The number of carbonyl (C=O) groups excluding carboxylic acids is 1. The van der Waals surface area contributed by atoms with E-state index >= 15 is 0 Å². The second-order valence-electron chi connectivity index (χ2n) is 10.1. The fourth-order valence-electron chi connectivity index (χ4n) is 5.02. The van der Waals surface area contributed by atoms with E-state index in [1.54, 1.807) is 54.1 Å². The van der Waals surface area contributed by atoms with Gasteiger partial charge in [-0.1, -0.05) is 47.7 Å². The zero-order valence-electron chi connectivity index (χ0n) is 22.4. The summed E-state index contributed by atoms with van der Waals surface area (Å²) in [6.07, 6.45) is 0. The van der Waals surface area contributed by atoms with Crippen LogP contribution in [0.25, 0.3) is 32.9 Å². The van der Waals surface area contributed by atoms with Gasteiger partial charge < -0.3 is 10.4 Å². The summed E-state index contributed by atoms with van der Waals surface area (Å²) in [6, 6.07) is 25.6. The monoisotopic (exact) mass is 562 g/mol. The number of hydrogen-bond donors (Lipinski definition) is 2. The Kier molecular flexibility index (Phi) is 6.92. The molecule has 0 bridgehead atoms. The number of carboxylic acids is 1. The lowest BCUT2D eigenvalue weighted by Crippen LogP contribution is -2.27. The number of amides is 1. The predicted molar refractivity (Wildman–Crippen MR) is 155 cm³/mol. The van der Waals surface area contributed by atoms with Gasteiger partial charge in [0.05, 0.1) is 23.7 Å². The molecule has 0 unspecified atom stereocenters. The first kappa shape index (κ1) is 26.8. The van der Waals surface area contributed by atoms with Crippen molar-refractivity contribution in [2.75, 3.05) is 0 Å². The van der Waals surface area contributed by atoms with Crippen molar-refractivity contribution in [2.45, 2.75) is 19.5 Å². The zero-order valence-corrected chi connectivity index (χ0v) is 22.4. The highest BCUT2D eigenvalue weighted by molar-refractivity contribution is 6.06. The number of halogens is 2. The van der Waals surface area contributed by atoms with Crippen molar-refractivity contribution in [3.63, 3.8) is 0 Å². The van der Waals surface area contributed by atoms with Gasteiger partial charge in [-0.05, 0) is 94.5 Å². The highest BCUT2D eigenvalue weighted by Crippen LogP contribution is 2.29. The van der Waals surface area contributed by atoms with Gasteiger partial charge in [0.15, 0.2) is 0 Å². The molecule has 0 fully saturated rings. The highest BCUT2D eigenvalue weighted by atomic mass is 19.1. The van der Waals surface area contributed by atoms with Gasteiger partial charge in [0.1, 0.15) is 22.7 Å². The molecule has 6 rings (SSSR count). The Balaban J connectivity index is 1.40. The molecule has 2 N–H and O–H groups in total. The molecule has 0 aliphatic carbocycles. The summed E-state index contributed by atoms with van der Waals surface area (Å²) < 4.78 is 29.1. The van der Waals surface area contributed by atoms with E-state index in [1.165, 1.54) is 36.4 Å². The second-order valence-corrected chi connectivity index (χ2v) is 10.1. The van der Waals surface area contributed by atoms with Crippen LogP contribution in [0.4, 0.5) is 8.78 Å². The summed E-state index contributed by atoms with van der Waals surface area (Å²) in [7, 11) is 0. The van der Waals surface area contributed by atoms with Gasteiger partial charge in [-0.25, -0.2) is 18.3 Å². The number of benzene rings is 5. The fraction of sp³-hybridized carbons (Fsp3) is 0.0909. The maximum atomic E-state index is 13.9. The summed E-state index contributed by atoms with van der Waals surface area (Å²) in [5.74, 6) is -2.12. The van der Waals surface area contributed by atoms with E-state index in [0.717, 1.165) is 21.9 Å². The lowest BCUT2D eigenvalue weighted by molar-refractivity contribution is 0.0696. The minimum absolute atomic E-state index is 0.150. The second kappa shape index (κ2) is 10.9. The van der Waals surface area contributed by atoms with Crippen molar-refractivity contribution in [2.24, 2.45) is 0 Å². The van der Waals surface area contributed by atoms with Gasteiger partial charge >= 0.3 is 5.97 Å². The number of fused-ring (bicyclic) bond motifs is 2. The first-order valence-corrected chi connectivity index (χ1v) is 13.2. The minimum atomic E-state index is -1.03. The molecule has 6 aromatic rings. The zero-order chi connectivity index (χ0) is 29.4. The van der Waals surface area contributed by atoms with Crippen molar-refractivity contribution in [3.05, 3.63) is 131 Å². The summed E-state index contributed by atoms with van der Waals surface area (Å²) in [5.41, 5.74) is 4.40. The van der Waals surface area contributed by atoms with Crippen LogP contribution in [0.15, 0.2) is 97.1 Å². The number of nitrogens with one attached hydrogen (secondary N) is 1. The Labute approximate surface area is 239 Å². The van der Waals surface area contributed by atoms with E-state index in [2.05, 4.69) is 15.6 Å². The average Bonchev–Trinajstić information content (AvgIpc) is 3.39. The van der Waals surface area contributed by atoms with Gasteiger partial charge in [0, 0.05) is 0 Å². The molecule has 0 aliphatic rings. The van der Waals surface area contributed by atoms with E-state index in [1.807, 2.05) is 18.2 Å². The summed E-state index contributed by atoms with van der Waals surface area (Å²) in [4.78, 5) is 25.0. The van der Waals surface area contributed by atoms with E-state index in [-0.39, 0.29) is 29.6 Å². The topological polar surface area (TPSA) is 97.1 Å². The standard InChI is InChI=1S/C33H24F2N4O3/c1-19(21-4-6-24(7-5-21)33(41)42)36-32(40)29-16-26(23-8-11-27(34)12-9-23)17-30-31(29)39(38-37-30)18-20-2-3-22-10-13-28(35)15-25(22)14-20/h2-17,19H,18H2,1H3,(H,36,40)(H,41,42)/t19-/m0/s1. The average molecular weight is 563 g/mol. The summed E-state index contributed by atoms with van der Waals surface area (Å²) in [6.45, 7) is 2.09. The molecule has 208 valence electrons. The summed E-state index contributed by atoms with van der Waals surface area (Å²) in [5, 5.41) is 22.5. The SMILES string of the molecule is C[C@H](NC(=O)c1cc(-c2ccc(F)cc2)cc2nnn(Cc3ccc4ccc(F)cc4c3)c12)c1ccc(C(=O)O)cc1. The smallest absolute Gasteiger partial charge is 0.335 e. The molecule has 0 aliphatic heterocycles. The van der Waals surface area contributed by atoms with E-state index in [9.17, 15) is 23.5 Å². The third-order valence-electron chi connectivity index (χ3n) is 7.23. The molecular formula is C33H24F2N4O3. The molecule has 7 nitrogen and oxygen atoms in total. The Morgan fingerprint density at radius 3 is 2.29 bits per heavy atom. The van der Waals surface area contributed by atoms with Crippen LogP contribution in [0.2, 0.25) is 0 Å². The molecule has 9 heteroatoms. The Morgan fingerprint density at radius 1 is 0.833 bits per heavy atom. The Bertz CT molecular complexity index is 1970. The summed E-state index contributed by atoms with van der Waals surface area (Å²) >= 11 is 0. The van der Waals surface area contributed by atoms with Crippen molar-refractivity contribution >= 4 is 33.7 Å². The van der Waals surface area contributed by atoms with Crippen LogP contribution < -0.4 is 5.32 Å². The Morgan fingerprint density at radius 2 is 1.55 bits per heavy atom. The number of rotatable bonds is 7. The van der Waals surface area contributed by atoms with Crippen LogP contribution in [0.1, 0.15) is 44.8 Å². The normalized spacial score (nSPS) is 12.0. The number of hydrogen-bond acceptors (Lipinski definition) is 4. The molecular weight excluding hydrogens is 538 g/mol. The van der Waals surface area contributed by atoms with Crippen molar-refractivity contribution in [1.29, 1.82) is 0 Å². The van der Waals surface area contributed by atoms with Crippen LogP contribution in [0.3, 0.4) is 0 Å². The van der Waals surface area contributed by atoms with Gasteiger partial charge in [0.2, 0.25) is 0 Å². The molecule has 1 atom stereocenters. The number of aromatic carboxylic acids is 1. The molecule has 42 heavy (non-hydrogen) atoms.